The van der Waals surface area contributed by atoms with Crippen molar-refractivity contribution in [3.8, 4) is 0 Å². The number of cyclic esters (lactones) is 2. The first-order chi connectivity index (χ1) is 17.5. The molecule has 37 heavy (non-hydrogen) atoms. The first-order valence-corrected chi connectivity index (χ1v) is 20.4. The normalized spacial score (nSPS) is 24.3. The van der Waals surface area contributed by atoms with Gasteiger partial charge in [0.1, 0.15) is 0 Å². The number of esters is 2. The third-order valence-electron chi connectivity index (χ3n) is 8.89. The van der Waals surface area contributed by atoms with E-state index in [0.717, 1.165) is 0 Å². The molecule has 1 fully saturated rings. The van der Waals surface area contributed by atoms with E-state index in [4.69, 9.17) is 4.74 Å². The number of carbonyl (C=O) groups is 2. The van der Waals surface area contributed by atoms with Crippen molar-refractivity contribution in [2.24, 2.45) is 11.8 Å². The van der Waals surface area contributed by atoms with Crippen LogP contribution in [0.25, 0.3) is 21.5 Å². The van der Waals surface area contributed by atoms with Gasteiger partial charge in [-0.3, -0.25) is 9.59 Å². The van der Waals surface area contributed by atoms with Gasteiger partial charge in [-0.15, -0.1) is 0 Å². The van der Waals surface area contributed by atoms with E-state index in [-0.39, 0.29) is 23.8 Å². The first kappa shape index (κ1) is 23.1. The fourth-order valence-electron chi connectivity index (χ4n) is 7.83. The quantitative estimate of drug-likeness (QED) is 0.141. The van der Waals surface area contributed by atoms with Crippen molar-refractivity contribution in [1.29, 1.82) is 0 Å². The average molecular weight is 521 g/mol. The van der Waals surface area contributed by atoms with Crippen molar-refractivity contribution in [3.63, 3.8) is 0 Å². The standard InChI is InChI=1S/C32H32O3Si2/c1-36(2,3)29-21-15-17-11-7-8-12-18(17)16-22(21)30(37(4,5)6)26-24-20-14-10-9-13-19(20)23(25(26)29)27-28(24)32(34)35-31(27)33/h7-16,23-24,27-28H,1-6H3/t23-,24+,27-,28+. The third-order valence-corrected chi connectivity index (χ3v) is 13.0. The summed E-state index contributed by atoms with van der Waals surface area (Å²) in [5.41, 5.74) is 5.15. The van der Waals surface area contributed by atoms with Crippen LogP contribution in [0.5, 0.6) is 0 Å². The molecule has 0 spiro atoms. The summed E-state index contributed by atoms with van der Waals surface area (Å²) in [7, 11) is -3.82. The Morgan fingerprint density at radius 2 is 0.973 bits per heavy atom. The van der Waals surface area contributed by atoms with Gasteiger partial charge >= 0.3 is 11.9 Å². The van der Waals surface area contributed by atoms with Gasteiger partial charge in [-0.1, -0.05) is 87.8 Å². The molecule has 2 bridgehead atoms. The zero-order valence-electron chi connectivity index (χ0n) is 22.3. The zero-order valence-corrected chi connectivity index (χ0v) is 24.3. The van der Waals surface area contributed by atoms with Crippen molar-refractivity contribution in [1.82, 2.24) is 0 Å². The second kappa shape index (κ2) is 7.30. The van der Waals surface area contributed by atoms with Crippen LogP contribution in [0.3, 0.4) is 0 Å². The maximum atomic E-state index is 13.3. The molecule has 4 aromatic carbocycles. The second-order valence-corrected chi connectivity index (χ2v) is 23.2. The summed E-state index contributed by atoms with van der Waals surface area (Å²) in [4.78, 5) is 26.6. The Kier molecular flexibility index (Phi) is 4.56. The zero-order chi connectivity index (χ0) is 26.0. The molecule has 4 aliphatic rings. The minimum atomic E-state index is -1.91. The lowest BCUT2D eigenvalue weighted by Crippen LogP contribution is -2.55. The predicted octanol–water partition coefficient (Wildman–Crippen LogP) is 5.99. The second-order valence-electron chi connectivity index (χ2n) is 13.2. The van der Waals surface area contributed by atoms with E-state index in [1.54, 1.807) is 0 Å². The Balaban J connectivity index is 1.75. The molecule has 3 aliphatic carbocycles. The molecule has 1 heterocycles. The highest BCUT2D eigenvalue weighted by molar-refractivity contribution is 6.93. The first-order valence-electron chi connectivity index (χ1n) is 13.4. The monoisotopic (exact) mass is 520 g/mol. The topological polar surface area (TPSA) is 43.4 Å². The van der Waals surface area contributed by atoms with Crippen molar-refractivity contribution < 1.29 is 14.3 Å². The molecule has 0 aromatic heterocycles. The van der Waals surface area contributed by atoms with Crippen LogP contribution in [0.4, 0.5) is 0 Å². The Morgan fingerprint density at radius 1 is 0.595 bits per heavy atom. The summed E-state index contributed by atoms with van der Waals surface area (Å²) in [5, 5.41) is 8.14. The van der Waals surface area contributed by atoms with Gasteiger partial charge in [0, 0.05) is 11.8 Å². The smallest absolute Gasteiger partial charge is 0.318 e. The lowest BCUT2D eigenvalue weighted by molar-refractivity contribution is -0.153. The van der Waals surface area contributed by atoms with Crippen molar-refractivity contribution in [3.05, 3.63) is 82.9 Å². The van der Waals surface area contributed by atoms with E-state index in [1.165, 1.54) is 54.2 Å². The van der Waals surface area contributed by atoms with E-state index in [1.807, 2.05) is 0 Å². The number of ether oxygens (including phenoxy) is 1. The maximum Gasteiger partial charge on any atom is 0.318 e. The summed E-state index contributed by atoms with van der Waals surface area (Å²) in [6.07, 6.45) is 0. The van der Waals surface area contributed by atoms with Crippen LogP contribution in [0, 0.1) is 11.8 Å². The van der Waals surface area contributed by atoms with Crippen molar-refractivity contribution >= 4 is 60.0 Å². The van der Waals surface area contributed by atoms with Gasteiger partial charge in [0.2, 0.25) is 0 Å². The van der Waals surface area contributed by atoms with E-state index in [0.29, 0.717) is 0 Å². The molecule has 1 aliphatic heterocycles. The Bertz CT molecular complexity index is 1570. The van der Waals surface area contributed by atoms with Crippen LogP contribution >= 0.6 is 0 Å². The van der Waals surface area contributed by atoms with E-state index >= 15 is 0 Å². The number of hydrogen-bond donors (Lipinski definition) is 0. The number of fused-ring (bicyclic) bond motifs is 2. The van der Waals surface area contributed by atoms with Crippen LogP contribution in [-0.4, -0.2) is 28.1 Å². The van der Waals surface area contributed by atoms with Gasteiger partial charge in [-0.2, -0.15) is 0 Å². The SMILES string of the molecule is C[Si](C)(C)c1c2c(c([Si](C)(C)C)c3cc4ccccc4cc13)[C@@H]1c3ccccc3[C@H]2[C@H]2C(=O)OC(=O)[C@@H]12. The summed E-state index contributed by atoms with van der Waals surface area (Å²) in [6, 6.07) is 22.0. The number of benzene rings is 4. The molecule has 4 atom stereocenters. The summed E-state index contributed by atoms with van der Waals surface area (Å²) in [6.45, 7) is 14.6. The van der Waals surface area contributed by atoms with E-state index in [2.05, 4.69) is 99.9 Å². The van der Waals surface area contributed by atoms with Crippen LogP contribution in [0.1, 0.15) is 34.1 Å². The lowest BCUT2D eigenvalue weighted by Gasteiger charge is -2.49. The molecule has 1 saturated heterocycles. The molecule has 186 valence electrons. The lowest BCUT2D eigenvalue weighted by atomic mass is 9.54. The molecule has 4 aromatic rings. The van der Waals surface area contributed by atoms with Gasteiger partial charge in [-0.05, 0) is 66.3 Å². The Labute approximate surface area is 219 Å². The fourth-order valence-corrected chi connectivity index (χ4v) is 12.1. The van der Waals surface area contributed by atoms with Gasteiger partial charge in [0.15, 0.2) is 0 Å². The maximum absolute atomic E-state index is 13.3. The molecular formula is C32H32O3Si2. The van der Waals surface area contributed by atoms with Gasteiger partial charge in [0.25, 0.3) is 0 Å². The number of rotatable bonds is 2. The molecule has 0 amide bonds. The summed E-state index contributed by atoms with van der Waals surface area (Å²) >= 11 is 0. The van der Waals surface area contributed by atoms with Crippen LogP contribution in [0.2, 0.25) is 39.3 Å². The minimum Gasteiger partial charge on any atom is -0.393 e. The highest BCUT2D eigenvalue weighted by Gasteiger charge is 2.62. The van der Waals surface area contributed by atoms with Crippen LogP contribution in [-0.2, 0) is 14.3 Å². The summed E-state index contributed by atoms with van der Waals surface area (Å²) in [5.74, 6) is -1.79. The largest absolute Gasteiger partial charge is 0.393 e. The van der Waals surface area contributed by atoms with Crippen molar-refractivity contribution in [2.45, 2.75) is 51.1 Å². The molecule has 0 N–H and O–H groups in total. The molecule has 0 saturated carbocycles. The van der Waals surface area contributed by atoms with E-state index in [9.17, 15) is 9.59 Å². The highest BCUT2D eigenvalue weighted by atomic mass is 28.3. The van der Waals surface area contributed by atoms with E-state index < -0.39 is 28.0 Å². The molecular weight excluding hydrogens is 489 g/mol. The molecule has 5 heteroatoms. The van der Waals surface area contributed by atoms with Crippen LogP contribution < -0.4 is 10.4 Å². The van der Waals surface area contributed by atoms with Crippen LogP contribution in [0.15, 0.2) is 60.7 Å². The Hall–Kier alpha value is -3.03. The highest BCUT2D eigenvalue weighted by Crippen LogP contribution is 2.61. The Morgan fingerprint density at radius 3 is 1.35 bits per heavy atom. The molecule has 0 radical (unpaired) electrons. The number of hydrogen-bond acceptors (Lipinski definition) is 3. The molecule has 0 unspecified atom stereocenters. The van der Waals surface area contributed by atoms with Gasteiger partial charge in [0.05, 0.1) is 28.0 Å². The van der Waals surface area contributed by atoms with Gasteiger partial charge < -0.3 is 4.74 Å². The summed E-state index contributed by atoms with van der Waals surface area (Å²) < 4.78 is 5.41. The number of carbonyl (C=O) groups excluding carboxylic acids is 2. The minimum absolute atomic E-state index is 0.132. The molecule has 3 nitrogen and oxygen atoms in total. The fraction of sp³-hybridized carbons (Fsp3) is 0.312. The average Bonchev–Trinajstić information content (AvgIpc) is 3.13. The van der Waals surface area contributed by atoms with Crippen molar-refractivity contribution in [2.75, 3.05) is 0 Å². The predicted molar refractivity (Wildman–Crippen MR) is 156 cm³/mol. The molecule has 8 rings (SSSR count). The third kappa shape index (κ3) is 2.98. The van der Waals surface area contributed by atoms with Gasteiger partial charge in [-0.25, -0.2) is 0 Å².